The topological polar surface area (TPSA) is 61.2 Å². The molecule has 27 heavy (non-hydrogen) atoms. The first-order valence-electron chi connectivity index (χ1n) is 8.85. The molecule has 0 fully saturated rings. The van der Waals surface area contributed by atoms with Crippen LogP contribution in [0.4, 0.5) is 0 Å². The van der Waals surface area contributed by atoms with Crippen molar-refractivity contribution < 1.29 is 14.3 Å². The van der Waals surface area contributed by atoms with Gasteiger partial charge in [-0.25, -0.2) is 4.98 Å². The van der Waals surface area contributed by atoms with Crippen molar-refractivity contribution in [2.75, 3.05) is 0 Å². The second-order valence-electron chi connectivity index (χ2n) is 6.61. The lowest BCUT2D eigenvalue weighted by atomic mass is 9.89. The van der Waals surface area contributed by atoms with Gasteiger partial charge in [-0.05, 0) is 38.1 Å². The maximum atomic E-state index is 13.2. The van der Waals surface area contributed by atoms with Crippen LogP contribution < -0.4 is 4.74 Å². The van der Waals surface area contributed by atoms with Crippen molar-refractivity contribution in [1.82, 2.24) is 9.55 Å². The molecule has 1 atom stereocenters. The minimum absolute atomic E-state index is 0.0477. The van der Waals surface area contributed by atoms with Crippen LogP contribution in [0.2, 0.25) is 0 Å². The minimum Gasteiger partial charge on any atom is -0.491 e. The van der Waals surface area contributed by atoms with E-state index in [0.717, 1.165) is 0 Å². The number of ketones is 2. The van der Waals surface area contributed by atoms with Crippen molar-refractivity contribution >= 4 is 11.6 Å². The Morgan fingerprint density at radius 2 is 1.52 bits per heavy atom. The molecule has 0 spiro atoms. The number of rotatable bonds is 7. The molecule has 5 nitrogen and oxygen atoms in total. The lowest BCUT2D eigenvalue weighted by molar-refractivity contribution is 0.0854. The molecule has 0 amide bonds. The zero-order chi connectivity index (χ0) is 19.4. The standard InChI is InChI=1S/C22H22N2O3/c1-15(2)27-18-11-9-17(10-12-18)21(26)19(22-23-13-14-24(22)3)20(25)16-7-5-4-6-8-16/h4-15,19H,1-3H3/t19-/m1/s1. The van der Waals surface area contributed by atoms with Gasteiger partial charge in [-0.1, -0.05) is 30.3 Å². The van der Waals surface area contributed by atoms with Crippen LogP contribution in [0.1, 0.15) is 46.3 Å². The number of benzene rings is 2. The van der Waals surface area contributed by atoms with Crippen molar-refractivity contribution in [3.63, 3.8) is 0 Å². The van der Waals surface area contributed by atoms with Crippen LogP contribution in [0.15, 0.2) is 67.0 Å². The number of ether oxygens (including phenoxy) is 1. The van der Waals surface area contributed by atoms with Crippen molar-refractivity contribution in [2.45, 2.75) is 25.9 Å². The van der Waals surface area contributed by atoms with E-state index in [2.05, 4.69) is 4.98 Å². The van der Waals surface area contributed by atoms with Gasteiger partial charge >= 0.3 is 0 Å². The Hall–Kier alpha value is -3.21. The molecule has 2 aromatic carbocycles. The highest BCUT2D eigenvalue weighted by Crippen LogP contribution is 2.25. The molecule has 1 heterocycles. The van der Waals surface area contributed by atoms with Gasteiger partial charge in [-0.2, -0.15) is 0 Å². The molecule has 1 aromatic heterocycles. The second-order valence-corrected chi connectivity index (χ2v) is 6.61. The fourth-order valence-corrected chi connectivity index (χ4v) is 2.91. The van der Waals surface area contributed by atoms with Crippen molar-refractivity contribution in [3.05, 3.63) is 83.9 Å². The van der Waals surface area contributed by atoms with Gasteiger partial charge in [0.15, 0.2) is 11.6 Å². The summed E-state index contributed by atoms with van der Waals surface area (Å²) in [6, 6.07) is 15.7. The molecule has 0 radical (unpaired) electrons. The molecule has 0 saturated heterocycles. The molecular weight excluding hydrogens is 340 g/mol. The van der Waals surface area contributed by atoms with E-state index in [1.807, 2.05) is 19.9 Å². The molecule has 138 valence electrons. The van der Waals surface area contributed by atoms with E-state index in [0.29, 0.717) is 22.7 Å². The van der Waals surface area contributed by atoms with Crippen LogP contribution >= 0.6 is 0 Å². The molecule has 3 aromatic rings. The zero-order valence-corrected chi connectivity index (χ0v) is 15.6. The summed E-state index contributed by atoms with van der Waals surface area (Å²) in [4.78, 5) is 30.6. The van der Waals surface area contributed by atoms with Gasteiger partial charge in [-0.15, -0.1) is 0 Å². The highest BCUT2D eigenvalue weighted by Gasteiger charge is 2.33. The predicted octanol–water partition coefficient (Wildman–Crippen LogP) is 4.06. The summed E-state index contributed by atoms with van der Waals surface area (Å²) in [6.07, 6.45) is 3.37. The van der Waals surface area contributed by atoms with E-state index in [4.69, 9.17) is 4.74 Å². The molecule has 5 heteroatoms. The normalized spacial score (nSPS) is 12.0. The number of carbonyl (C=O) groups is 2. The Morgan fingerprint density at radius 1 is 0.926 bits per heavy atom. The van der Waals surface area contributed by atoms with Crippen molar-refractivity contribution in [1.29, 1.82) is 0 Å². The van der Waals surface area contributed by atoms with E-state index in [1.54, 1.807) is 72.5 Å². The first kappa shape index (κ1) is 18.6. The maximum Gasteiger partial charge on any atom is 0.181 e. The Balaban J connectivity index is 1.97. The van der Waals surface area contributed by atoms with Crippen LogP contribution in [-0.4, -0.2) is 27.2 Å². The summed E-state index contributed by atoms with van der Waals surface area (Å²) < 4.78 is 7.33. The lowest BCUT2D eigenvalue weighted by Crippen LogP contribution is -2.25. The molecule has 0 unspecified atom stereocenters. The Morgan fingerprint density at radius 3 is 2.04 bits per heavy atom. The van der Waals surface area contributed by atoms with Gasteiger partial charge < -0.3 is 9.30 Å². The van der Waals surface area contributed by atoms with E-state index in [9.17, 15) is 9.59 Å². The van der Waals surface area contributed by atoms with Gasteiger partial charge in [0.25, 0.3) is 0 Å². The van der Waals surface area contributed by atoms with Crippen LogP contribution in [0, 0.1) is 0 Å². The monoisotopic (exact) mass is 362 g/mol. The summed E-state index contributed by atoms with van der Waals surface area (Å²) in [5, 5.41) is 0. The Labute approximate surface area is 158 Å². The van der Waals surface area contributed by atoms with Gasteiger partial charge in [0.05, 0.1) is 6.10 Å². The number of hydrogen-bond donors (Lipinski definition) is 0. The Kier molecular flexibility index (Phi) is 5.50. The van der Waals surface area contributed by atoms with E-state index < -0.39 is 5.92 Å². The summed E-state index contributed by atoms with van der Waals surface area (Å²) in [5.74, 6) is -0.434. The highest BCUT2D eigenvalue weighted by atomic mass is 16.5. The number of carbonyl (C=O) groups excluding carboxylic acids is 2. The van der Waals surface area contributed by atoms with Gasteiger partial charge in [0, 0.05) is 30.6 Å². The van der Waals surface area contributed by atoms with E-state index in [-0.39, 0.29) is 17.7 Å². The summed E-state index contributed by atoms with van der Waals surface area (Å²) in [5.41, 5.74) is 0.932. The largest absolute Gasteiger partial charge is 0.491 e. The molecule has 3 rings (SSSR count). The van der Waals surface area contributed by atoms with Gasteiger partial charge in [0.2, 0.25) is 0 Å². The number of Topliss-reactive ketones (excluding diaryl/α,β-unsaturated/α-hetero) is 2. The third kappa shape index (κ3) is 4.14. The number of aromatic nitrogens is 2. The summed E-state index contributed by atoms with van der Waals surface area (Å²) >= 11 is 0. The van der Waals surface area contributed by atoms with Crippen LogP contribution in [0.3, 0.4) is 0 Å². The van der Waals surface area contributed by atoms with Crippen LogP contribution in [0.25, 0.3) is 0 Å². The lowest BCUT2D eigenvalue weighted by Gasteiger charge is -2.16. The smallest absolute Gasteiger partial charge is 0.181 e. The number of nitrogens with zero attached hydrogens (tertiary/aromatic N) is 2. The van der Waals surface area contributed by atoms with Gasteiger partial charge in [0.1, 0.15) is 17.5 Å². The average Bonchev–Trinajstić information content (AvgIpc) is 3.08. The fourth-order valence-electron chi connectivity index (χ4n) is 2.91. The number of hydrogen-bond acceptors (Lipinski definition) is 4. The summed E-state index contributed by atoms with van der Waals surface area (Å²) in [7, 11) is 1.78. The number of imidazole rings is 1. The third-order valence-electron chi connectivity index (χ3n) is 4.21. The quantitative estimate of drug-likeness (QED) is 0.470. The molecule has 0 aliphatic carbocycles. The van der Waals surface area contributed by atoms with Gasteiger partial charge in [-0.3, -0.25) is 9.59 Å². The van der Waals surface area contributed by atoms with E-state index >= 15 is 0 Å². The average molecular weight is 362 g/mol. The predicted molar refractivity (Wildman–Crippen MR) is 103 cm³/mol. The first-order chi connectivity index (χ1) is 13.0. The molecule has 0 aliphatic heterocycles. The molecule has 0 aliphatic rings. The molecule has 0 N–H and O–H groups in total. The zero-order valence-electron chi connectivity index (χ0n) is 15.6. The first-order valence-corrected chi connectivity index (χ1v) is 8.85. The molecule has 0 bridgehead atoms. The Bertz CT molecular complexity index is 928. The van der Waals surface area contributed by atoms with Crippen molar-refractivity contribution in [3.8, 4) is 5.75 Å². The van der Waals surface area contributed by atoms with Crippen molar-refractivity contribution in [2.24, 2.45) is 7.05 Å². The number of aryl methyl sites for hydroxylation is 1. The molecule has 0 saturated carbocycles. The SMILES string of the molecule is CC(C)Oc1ccc(C(=O)[C@@H](C(=O)c2ccccc2)c2nccn2C)cc1. The maximum absolute atomic E-state index is 13.2. The summed E-state index contributed by atoms with van der Waals surface area (Å²) in [6.45, 7) is 3.88. The molecular formula is C22H22N2O3. The fraction of sp³-hybridized carbons (Fsp3) is 0.227. The minimum atomic E-state index is -0.996. The third-order valence-corrected chi connectivity index (χ3v) is 4.21. The van der Waals surface area contributed by atoms with Crippen LogP contribution in [-0.2, 0) is 7.05 Å². The van der Waals surface area contributed by atoms with Crippen LogP contribution in [0.5, 0.6) is 5.75 Å². The second kappa shape index (κ2) is 7.99. The highest BCUT2D eigenvalue weighted by molar-refractivity contribution is 6.19. The van der Waals surface area contributed by atoms with E-state index in [1.165, 1.54) is 0 Å².